The summed E-state index contributed by atoms with van der Waals surface area (Å²) in [6.07, 6.45) is 8.33. The van der Waals surface area contributed by atoms with Crippen LogP contribution in [0.2, 0.25) is 0 Å². The van der Waals surface area contributed by atoms with E-state index in [-0.39, 0.29) is 0 Å². The SMILES string of the molecule is CC1(C)CCCC(CCC=O)C1. The van der Waals surface area contributed by atoms with Crippen molar-refractivity contribution in [3.63, 3.8) is 0 Å². The Kier molecular flexibility index (Phi) is 3.30. The zero-order valence-corrected chi connectivity index (χ0v) is 8.31. The van der Waals surface area contributed by atoms with Gasteiger partial charge in [-0.2, -0.15) is 0 Å². The van der Waals surface area contributed by atoms with Crippen LogP contribution in [0.1, 0.15) is 52.4 Å². The van der Waals surface area contributed by atoms with Crippen molar-refractivity contribution >= 4 is 6.29 Å². The molecule has 0 saturated heterocycles. The first kappa shape index (κ1) is 9.76. The lowest BCUT2D eigenvalue weighted by molar-refractivity contribution is -0.108. The molecular weight excluding hydrogens is 148 g/mol. The van der Waals surface area contributed by atoms with Crippen LogP contribution < -0.4 is 0 Å². The highest BCUT2D eigenvalue weighted by molar-refractivity contribution is 5.49. The van der Waals surface area contributed by atoms with E-state index < -0.39 is 0 Å². The number of aldehydes is 1. The maximum atomic E-state index is 10.2. The average Bonchev–Trinajstić information content (AvgIpc) is 1.99. The predicted molar refractivity (Wildman–Crippen MR) is 51.0 cm³/mol. The Morgan fingerprint density at radius 2 is 2.25 bits per heavy atom. The van der Waals surface area contributed by atoms with Crippen LogP contribution in [0.5, 0.6) is 0 Å². The van der Waals surface area contributed by atoms with Crippen LogP contribution in [-0.4, -0.2) is 6.29 Å². The van der Waals surface area contributed by atoms with Crippen LogP contribution in [0.3, 0.4) is 0 Å². The Bertz CT molecular complexity index is 149. The van der Waals surface area contributed by atoms with Gasteiger partial charge in [0.05, 0.1) is 0 Å². The molecule has 1 fully saturated rings. The monoisotopic (exact) mass is 168 g/mol. The van der Waals surface area contributed by atoms with Gasteiger partial charge in [-0.1, -0.05) is 26.7 Å². The minimum Gasteiger partial charge on any atom is -0.303 e. The second-order valence-electron chi connectivity index (χ2n) is 4.87. The van der Waals surface area contributed by atoms with Gasteiger partial charge in [0.2, 0.25) is 0 Å². The minimum atomic E-state index is 0.534. The Morgan fingerprint density at radius 3 is 2.83 bits per heavy atom. The molecule has 0 aromatic heterocycles. The standard InChI is InChI=1S/C11H20O/c1-11(2)7-3-5-10(9-11)6-4-8-12/h8,10H,3-7,9H2,1-2H3. The molecule has 0 aliphatic heterocycles. The second-order valence-corrected chi connectivity index (χ2v) is 4.87. The maximum Gasteiger partial charge on any atom is 0.120 e. The quantitative estimate of drug-likeness (QED) is 0.591. The highest BCUT2D eigenvalue weighted by Crippen LogP contribution is 2.39. The third-order valence-electron chi connectivity index (χ3n) is 3.00. The van der Waals surface area contributed by atoms with E-state index in [1.807, 2.05) is 0 Å². The van der Waals surface area contributed by atoms with Gasteiger partial charge in [0.25, 0.3) is 0 Å². The molecule has 1 aliphatic rings. The van der Waals surface area contributed by atoms with Crippen LogP contribution in [0.25, 0.3) is 0 Å². The number of carbonyl (C=O) groups is 1. The molecule has 1 rings (SSSR count). The van der Waals surface area contributed by atoms with Crippen LogP contribution in [0.4, 0.5) is 0 Å². The fourth-order valence-electron chi connectivity index (χ4n) is 2.41. The first-order valence-electron chi connectivity index (χ1n) is 5.08. The molecular formula is C11H20O. The summed E-state index contributed by atoms with van der Waals surface area (Å²) in [7, 11) is 0. The molecule has 0 aromatic carbocycles. The largest absolute Gasteiger partial charge is 0.303 e. The fraction of sp³-hybridized carbons (Fsp3) is 0.909. The van der Waals surface area contributed by atoms with E-state index in [0.717, 1.165) is 25.0 Å². The molecule has 1 atom stereocenters. The highest BCUT2D eigenvalue weighted by Gasteiger charge is 2.27. The van der Waals surface area contributed by atoms with Crippen molar-refractivity contribution in [1.29, 1.82) is 0 Å². The number of hydrogen-bond acceptors (Lipinski definition) is 1. The summed E-state index contributed by atoms with van der Waals surface area (Å²) in [6, 6.07) is 0. The summed E-state index contributed by atoms with van der Waals surface area (Å²) < 4.78 is 0. The van der Waals surface area contributed by atoms with Crippen molar-refractivity contribution in [2.24, 2.45) is 11.3 Å². The van der Waals surface area contributed by atoms with Crippen LogP contribution in [0.15, 0.2) is 0 Å². The van der Waals surface area contributed by atoms with Gasteiger partial charge < -0.3 is 4.79 Å². The summed E-state index contributed by atoms with van der Waals surface area (Å²) in [5, 5.41) is 0. The number of hydrogen-bond donors (Lipinski definition) is 0. The lowest BCUT2D eigenvalue weighted by atomic mass is 9.71. The van der Waals surface area contributed by atoms with Gasteiger partial charge >= 0.3 is 0 Å². The van der Waals surface area contributed by atoms with Crippen molar-refractivity contribution in [2.75, 3.05) is 0 Å². The Balaban J connectivity index is 2.31. The van der Waals surface area contributed by atoms with Gasteiger partial charge in [0, 0.05) is 6.42 Å². The lowest BCUT2D eigenvalue weighted by Gasteiger charge is -2.35. The Labute approximate surface area is 75.5 Å². The molecule has 70 valence electrons. The smallest absolute Gasteiger partial charge is 0.120 e. The summed E-state index contributed by atoms with van der Waals surface area (Å²) in [5.74, 6) is 0.818. The van der Waals surface area contributed by atoms with Gasteiger partial charge in [-0.05, 0) is 30.6 Å². The van der Waals surface area contributed by atoms with E-state index in [4.69, 9.17) is 0 Å². The highest BCUT2D eigenvalue weighted by atomic mass is 16.1. The minimum absolute atomic E-state index is 0.534. The van der Waals surface area contributed by atoms with Crippen LogP contribution >= 0.6 is 0 Å². The summed E-state index contributed by atoms with van der Waals surface area (Å²) in [6.45, 7) is 4.69. The zero-order chi connectivity index (χ0) is 9.03. The number of rotatable bonds is 3. The first-order valence-corrected chi connectivity index (χ1v) is 5.08. The van der Waals surface area contributed by atoms with E-state index in [1.165, 1.54) is 25.7 Å². The molecule has 12 heavy (non-hydrogen) atoms. The van der Waals surface area contributed by atoms with Crippen LogP contribution in [-0.2, 0) is 4.79 Å². The first-order chi connectivity index (χ1) is 5.64. The van der Waals surface area contributed by atoms with Crippen LogP contribution in [0, 0.1) is 11.3 Å². The van der Waals surface area contributed by atoms with E-state index in [2.05, 4.69) is 13.8 Å². The molecule has 0 N–H and O–H groups in total. The third kappa shape index (κ3) is 2.96. The molecule has 0 heterocycles. The molecule has 0 bridgehead atoms. The third-order valence-corrected chi connectivity index (χ3v) is 3.00. The molecule has 1 unspecified atom stereocenters. The number of carbonyl (C=O) groups excluding carboxylic acids is 1. The molecule has 1 heteroatoms. The van der Waals surface area contributed by atoms with Crippen molar-refractivity contribution in [3.05, 3.63) is 0 Å². The van der Waals surface area contributed by atoms with Crippen molar-refractivity contribution < 1.29 is 4.79 Å². The van der Waals surface area contributed by atoms with Gasteiger partial charge in [0.1, 0.15) is 6.29 Å². The van der Waals surface area contributed by atoms with E-state index in [0.29, 0.717) is 5.41 Å². The van der Waals surface area contributed by atoms with E-state index >= 15 is 0 Å². The fourth-order valence-corrected chi connectivity index (χ4v) is 2.41. The van der Waals surface area contributed by atoms with Gasteiger partial charge in [-0.25, -0.2) is 0 Å². The van der Waals surface area contributed by atoms with Gasteiger partial charge in [0.15, 0.2) is 0 Å². The molecule has 0 amide bonds. The summed E-state index contributed by atoms with van der Waals surface area (Å²) >= 11 is 0. The van der Waals surface area contributed by atoms with Crippen molar-refractivity contribution in [2.45, 2.75) is 52.4 Å². The topological polar surface area (TPSA) is 17.1 Å². The molecule has 0 radical (unpaired) electrons. The zero-order valence-electron chi connectivity index (χ0n) is 8.31. The molecule has 1 aliphatic carbocycles. The Morgan fingerprint density at radius 1 is 1.50 bits per heavy atom. The second kappa shape index (κ2) is 4.06. The van der Waals surface area contributed by atoms with Crippen molar-refractivity contribution in [3.8, 4) is 0 Å². The van der Waals surface area contributed by atoms with Gasteiger partial charge in [-0.15, -0.1) is 0 Å². The summed E-state index contributed by atoms with van der Waals surface area (Å²) in [5.41, 5.74) is 0.534. The van der Waals surface area contributed by atoms with E-state index in [1.54, 1.807) is 0 Å². The molecule has 0 aromatic rings. The van der Waals surface area contributed by atoms with E-state index in [9.17, 15) is 4.79 Å². The Hall–Kier alpha value is -0.330. The molecule has 1 saturated carbocycles. The lowest BCUT2D eigenvalue weighted by Crippen LogP contribution is -2.22. The predicted octanol–water partition coefficient (Wildman–Crippen LogP) is 3.18. The average molecular weight is 168 g/mol. The normalized spacial score (nSPS) is 28.3. The van der Waals surface area contributed by atoms with Gasteiger partial charge in [-0.3, -0.25) is 0 Å². The van der Waals surface area contributed by atoms with Crippen molar-refractivity contribution in [1.82, 2.24) is 0 Å². The molecule has 1 nitrogen and oxygen atoms in total. The summed E-state index contributed by atoms with van der Waals surface area (Å²) in [4.78, 5) is 10.2. The molecule has 0 spiro atoms. The maximum absolute atomic E-state index is 10.2.